The summed E-state index contributed by atoms with van der Waals surface area (Å²) < 4.78 is 25.1. The largest absolute Gasteiger partial charge is 0.209 e. The van der Waals surface area contributed by atoms with Crippen LogP contribution in [0.15, 0.2) is 23.8 Å². The third-order valence-electron chi connectivity index (χ3n) is 2.39. The number of halogens is 2. The molecule has 60 valence electrons. The second kappa shape index (κ2) is 2.43. The van der Waals surface area contributed by atoms with Crippen LogP contribution in [0.4, 0.5) is 8.78 Å². The van der Waals surface area contributed by atoms with E-state index in [1.54, 1.807) is 6.08 Å². The molecule has 2 aliphatic carbocycles. The van der Waals surface area contributed by atoms with Crippen molar-refractivity contribution in [3.63, 3.8) is 0 Å². The Bertz CT molecular complexity index is 224. The SMILES string of the molecule is FC1=C(F)CC(C2CC2)C=C1. The van der Waals surface area contributed by atoms with Crippen molar-refractivity contribution in [2.24, 2.45) is 11.8 Å². The Morgan fingerprint density at radius 1 is 1.27 bits per heavy atom. The molecule has 2 aliphatic rings. The standard InChI is InChI=1S/C9H10F2/c10-8-4-3-7(5-9(8)11)6-1-2-6/h3-4,6-7H,1-2,5H2. The molecular weight excluding hydrogens is 146 g/mol. The summed E-state index contributed by atoms with van der Waals surface area (Å²) in [6.45, 7) is 0. The van der Waals surface area contributed by atoms with Crippen molar-refractivity contribution in [1.82, 2.24) is 0 Å². The molecule has 1 fully saturated rings. The number of allylic oxidation sites excluding steroid dienone is 4. The molecule has 0 spiro atoms. The Morgan fingerprint density at radius 3 is 2.55 bits per heavy atom. The van der Waals surface area contributed by atoms with Gasteiger partial charge in [-0.05, 0) is 30.8 Å². The highest BCUT2D eigenvalue weighted by atomic mass is 19.2. The topological polar surface area (TPSA) is 0 Å². The second-order valence-electron chi connectivity index (χ2n) is 3.32. The molecular formula is C9H10F2. The van der Waals surface area contributed by atoms with Gasteiger partial charge < -0.3 is 0 Å². The van der Waals surface area contributed by atoms with Crippen LogP contribution in [0.5, 0.6) is 0 Å². The van der Waals surface area contributed by atoms with E-state index in [9.17, 15) is 8.78 Å². The Labute approximate surface area is 64.6 Å². The summed E-state index contributed by atoms with van der Waals surface area (Å²) in [7, 11) is 0. The van der Waals surface area contributed by atoms with Crippen molar-refractivity contribution >= 4 is 0 Å². The summed E-state index contributed by atoms with van der Waals surface area (Å²) in [6, 6.07) is 0. The summed E-state index contributed by atoms with van der Waals surface area (Å²) in [5.74, 6) is -0.342. The van der Waals surface area contributed by atoms with Crippen molar-refractivity contribution < 1.29 is 8.78 Å². The highest BCUT2D eigenvalue weighted by Gasteiger charge is 2.32. The number of rotatable bonds is 1. The lowest BCUT2D eigenvalue weighted by molar-refractivity contribution is 0.441. The van der Waals surface area contributed by atoms with Gasteiger partial charge in [0, 0.05) is 6.42 Å². The monoisotopic (exact) mass is 156 g/mol. The van der Waals surface area contributed by atoms with E-state index in [1.165, 1.54) is 18.9 Å². The zero-order valence-electron chi connectivity index (χ0n) is 6.19. The lowest BCUT2D eigenvalue weighted by atomic mass is 9.95. The smallest absolute Gasteiger partial charge is 0.154 e. The molecule has 0 N–H and O–H groups in total. The zero-order chi connectivity index (χ0) is 7.84. The average molecular weight is 156 g/mol. The summed E-state index contributed by atoms with van der Waals surface area (Å²) in [6.07, 6.45) is 5.72. The molecule has 0 aromatic heterocycles. The lowest BCUT2D eigenvalue weighted by Crippen LogP contribution is -2.03. The molecule has 0 heterocycles. The Kier molecular flexibility index (Phi) is 1.55. The van der Waals surface area contributed by atoms with Crippen molar-refractivity contribution in [2.45, 2.75) is 19.3 Å². The Balaban J connectivity index is 2.07. The fourth-order valence-electron chi connectivity index (χ4n) is 1.52. The van der Waals surface area contributed by atoms with E-state index in [2.05, 4.69) is 0 Å². The van der Waals surface area contributed by atoms with Gasteiger partial charge >= 0.3 is 0 Å². The lowest BCUT2D eigenvalue weighted by Gasteiger charge is -2.13. The molecule has 0 aromatic carbocycles. The first-order valence-electron chi connectivity index (χ1n) is 3.99. The molecule has 2 rings (SSSR count). The second-order valence-corrected chi connectivity index (χ2v) is 3.32. The summed E-state index contributed by atoms with van der Waals surface area (Å²) in [5.41, 5.74) is 0. The minimum absolute atomic E-state index is 0.273. The predicted octanol–water partition coefficient (Wildman–Crippen LogP) is 3.12. The maximum Gasteiger partial charge on any atom is 0.154 e. The fraction of sp³-hybridized carbons (Fsp3) is 0.556. The summed E-state index contributed by atoms with van der Waals surface area (Å²) in [5, 5.41) is 0. The third kappa shape index (κ3) is 1.35. The van der Waals surface area contributed by atoms with E-state index in [0.717, 1.165) is 0 Å². The van der Waals surface area contributed by atoms with Gasteiger partial charge in [0.1, 0.15) is 5.83 Å². The van der Waals surface area contributed by atoms with Crippen LogP contribution in [-0.2, 0) is 0 Å². The number of hydrogen-bond donors (Lipinski definition) is 0. The quantitative estimate of drug-likeness (QED) is 0.547. The van der Waals surface area contributed by atoms with Crippen molar-refractivity contribution in [2.75, 3.05) is 0 Å². The van der Waals surface area contributed by atoms with Gasteiger partial charge in [0.2, 0.25) is 0 Å². The first kappa shape index (κ1) is 7.01. The molecule has 0 saturated heterocycles. The van der Waals surface area contributed by atoms with Crippen LogP contribution < -0.4 is 0 Å². The van der Waals surface area contributed by atoms with E-state index >= 15 is 0 Å². The molecule has 0 bridgehead atoms. The van der Waals surface area contributed by atoms with Crippen LogP contribution in [0.1, 0.15) is 19.3 Å². The van der Waals surface area contributed by atoms with Gasteiger partial charge in [-0.25, -0.2) is 8.78 Å². The van der Waals surface area contributed by atoms with Crippen LogP contribution in [0, 0.1) is 11.8 Å². The van der Waals surface area contributed by atoms with E-state index in [-0.39, 0.29) is 12.3 Å². The molecule has 1 unspecified atom stereocenters. The van der Waals surface area contributed by atoms with E-state index in [1.807, 2.05) is 0 Å². The highest BCUT2D eigenvalue weighted by molar-refractivity contribution is 5.22. The van der Waals surface area contributed by atoms with Crippen LogP contribution >= 0.6 is 0 Å². The van der Waals surface area contributed by atoms with Gasteiger partial charge in [0.25, 0.3) is 0 Å². The summed E-state index contributed by atoms with van der Waals surface area (Å²) in [4.78, 5) is 0. The van der Waals surface area contributed by atoms with Crippen molar-refractivity contribution in [3.05, 3.63) is 23.8 Å². The fourth-order valence-corrected chi connectivity index (χ4v) is 1.52. The van der Waals surface area contributed by atoms with E-state index in [4.69, 9.17) is 0 Å². The van der Waals surface area contributed by atoms with Gasteiger partial charge in [-0.15, -0.1) is 0 Å². The molecule has 0 aliphatic heterocycles. The minimum atomic E-state index is -0.679. The van der Waals surface area contributed by atoms with Crippen LogP contribution in [0.2, 0.25) is 0 Å². The Hall–Kier alpha value is -0.660. The average Bonchev–Trinajstić information content (AvgIpc) is 2.77. The molecule has 11 heavy (non-hydrogen) atoms. The summed E-state index contributed by atoms with van der Waals surface area (Å²) >= 11 is 0. The predicted molar refractivity (Wildman–Crippen MR) is 39.2 cm³/mol. The zero-order valence-corrected chi connectivity index (χ0v) is 6.19. The number of hydrogen-bond acceptors (Lipinski definition) is 0. The van der Waals surface area contributed by atoms with Crippen LogP contribution in [0.3, 0.4) is 0 Å². The molecule has 0 nitrogen and oxygen atoms in total. The minimum Gasteiger partial charge on any atom is -0.209 e. The van der Waals surface area contributed by atoms with Crippen LogP contribution in [0.25, 0.3) is 0 Å². The van der Waals surface area contributed by atoms with Crippen molar-refractivity contribution in [1.29, 1.82) is 0 Å². The maximum atomic E-state index is 12.7. The van der Waals surface area contributed by atoms with Gasteiger partial charge in [-0.1, -0.05) is 6.08 Å². The molecule has 0 aromatic rings. The molecule has 1 atom stereocenters. The van der Waals surface area contributed by atoms with Gasteiger partial charge in [-0.3, -0.25) is 0 Å². The Morgan fingerprint density at radius 2 is 2.00 bits per heavy atom. The normalized spacial score (nSPS) is 31.3. The van der Waals surface area contributed by atoms with Gasteiger partial charge in [-0.2, -0.15) is 0 Å². The molecule has 0 radical (unpaired) electrons. The molecule has 1 saturated carbocycles. The molecule has 2 heteroatoms. The van der Waals surface area contributed by atoms with E-state index in [0.29, 0.717) is 5.92 Å². The molecule has 0 amide bonds. The first-order chi connectivity index (χ1) is 5.27. The third-order valence-corrected chi connectivity index (χ3v) is 2.39. The first-order valence-corrected chi connectivity index (χ1v) is 3.99. The van der Waals surface area contributed by atoms with Gasteiger partial charge in [0.15, 0.2) is 5.83 Å². The van der Waals surface area contributed by atoms with Crippen molar-refractivity contribution in [3.8, 4) is 0 Å². The van der Waals surface area contributed by atoms with Gasteiger partial charge in [0.05, 0.1) is 0 Å². The maximum absolute atomic E-state index is 12.7. The van der Waals surface area contributed by atoms with E-state index < -0.39 is 11.7 Å². The highest BCUT2D eigenvalue weighted by Crippen LogP contribution is 2.42. The van der Waals surface area contributed by atoms with Crippen LogP contribution in [-0.4, -0.2) is 0 Å².